The van der Waals surface area contributed by atoms with Crippen molar-refractivity contribution < 1.29 is 14.6 Å². The maximum atomic E-state index is 12.5. The summed E-state index contributed by atoms with van der Waals surface area (Å²) in [7, 11) is 0. The van der Waals surface area contributed by atoms with Crippen molar-refractivity contribution in [1.29, 1.82) is 0 Å². The summed E-state index contributed by atoms with van der Waals surface area (Å²) in [5.74, 6) is 0. The van der Waals surface area contributed by atoms with E-state index < -0.39 is 17.2 Å². The van der Waals surface area contributed by atoms with E-state index in [0.717, 1.165) is 4.90 Å². The highest BCUT2D eigenvalue weighted by atomic mass is 32.2. The molecule has 0 bridgehead atoms. The molecule has 0 saturated heterocycles. The number of hydrogen-bond acceptors (Lipinski definition) is 4. The molecule has 1 amide bonds. The highest BCUT2D eigenvalue weighted by molar-refractivity contribution is 7.97. The lowest BCUT2D eigenvalue weighted by Gasteiger charge is -2.37. The third kappa shape index (κ3) is 5.10. The Kier molecular flexibility index (Phi) is 5.87. The van der Waals surface area contributed by atoms with Crippen LogP contribution in [0, 0.1) is 0 Å². The van der Waals surface area contributed by atoms with Gasteiger partial charge in [0.2, 0.25) is 0 Å². The van der Waals surface area contributed by atoms with E-state index in [9.17, 15) is 9.90 Å². The number of hydrogen-bond donors (Lipinski definition) is 1. The molecule has 1 rings (SSSR count). The number of amides is 1. The fourth-order valence-electron chi connectivity index (χ4n) is 1.45. The van der Waals surface area contributed by atoms with Crippen LogP contribution in [0.25, 0.3) is 0 Å². The minimum Gasteiger partial charge on any atom is -0.443 e. The average Bonchev–Trinajstić information content (AvgIpc) is 2.43. The summed E-state index contributed by atoms with van der Waals surface area (Å²) in [6, 6.07) is 9.46. The van der Waals surface area contributed by atoms with Crippen molar-refractivity contribution in [3.63, 3.8) is 0 Å². The molecule has 1 aromatic rings. The zero-order valence-electron chi connectivity index (χ0n) is 13.0. The van der Waals surface area contributed by atoms with Gasteiger partial charge in [0.25, 0.3) is 0 Å². The molecular weight excluding hydrogens is 286 g/mol. The monoisotopic (exact) mass is 309 g/mol. The van der Waals surface area contributed by atoms with Crippen LogP contribution in [0.15, 0.2) is 47.9 Å². The zero-order valence-corrected chi connectivity index (χ0v) is 13.8. The highest BCUT2D eigenvalue weighted by Crippen LogP contribution is 2.32. The molecule has 0 radical (unpaired) electrons. The number of rotatable bonds is 5. The van der Waals surface area contributed by atoms with Crippen LogP contribution in [0.3, 0.4) is 0 Å². The fourth-order valence-corrected chi connectivity index (χ4v) is 2.39. The van der Waals surface area contributed by atoms with Gasteiger partial charge in [-0.05, 0) is 51.8 Å². The molecule has 0 heterocycles. The SMILES string of the molecule is C=CC(C)(CO)N(Sc1ccccc1)C(=O)OC(C)(C)C. The lowest BCUT2D eigenvalue weighted by Crippen LogP contribution is -2.48. The van der Waals surface area contributed by atoms with Crippen molar-refractivity contribution in [2.24, 2.45) is 0 Å². The Labute approximate surface area is 130 Å². The van der Waals surface area contributed by atoms with Crippen molar-refractivity contribution in [1.82, 2.24) is 4.31 Å². The molecule has 5 heteroatoms. The first-order chi connectivity index (χ1) is 9.72. The Morgan fingerprint density at radius 1 is 1.33 bits per heavy atom. The maximum Gasteiger partial charge on any atom is 0.421 e. The van der Waals surface area contributed by atoms with E-state index in [4.69, 9.17) is 4.74 Å². The molecule has 4 nitrogen and oxygen atoms in total. The van der Waals surface area contributed by atoms with Gasteiger partial charge in [-0.3, -0.25) is 0 Å². The van der Waals surface area contributed by atoms with Crippen molar-refractivity contribution in [3.8, 4) is 0 Å². The lowest BCUT2D eigenvalue weighted by atomic mass is 10.1. The van der Waals surface area contributed by atoms with Gasteiger partial charge < -0.3 is 9.84 Å². The Bertz CT molecular complexity index is 484. The van der Waals surface area contributed by atoms with Gasteiger partial charge in [-0.2, -0.15) is 0 Å². The van der Waals surface area contributed by atoms with E-state index in [-0.39, 0.29) is 6.61 Å². The molecule has 1 aromatic carbocycles. The van der Waals surface area contributed by atoms with Crippen LogP contribution in [-0.4, -0.2) is 33.3 Å². The Morgan fingerprint density at radius 2 is 1.90 bits per heavy atom. The highest BCUT2D eigenvalue weighted by Gasteiger charge is 2.36. The van der Waals surface area contributed by atoms with Gasteiger partial charge in [-0.25, -0.2) is 9.10 Å². The second kappa shape index (κ2) is 7.00. The molecule has 0 spiro atoms. The summed E-state index contributed by atoms with van der Waals surface area (Å²) in [5, 5.41) is 9.65. The molecule has 21 heavy (non-hydrogen) atoms. The Hall–Kier alpha value is -1.46. The van der Waals surface area contributed by atoms with Crippen LogP contribution < -0.4 is 0 Å². The van der Waals surface area contributed by atoms with Gasteiger partial charge in [0, 0.05) is 4.90 Å². The van der Waals surface area contributed by atoms with E-state index in [2.05, 4.69) is 6.58 Å². The second-order valence-corrected chi connectivity index (χ2v) is 6.92. The van der Waals surface area contributed by atoms with Crippen molar-refractivity contribution in [2.75, 3.05) is 6.61 Å². The van der Waals surface area contributed by atoms with Crippen LogP contribution in [0.5, 0.6) is 0 Å². The normalized spacial score (nSPS) is 14.1. The van der Waals surface area contributed by atoms with Gasteiger partial charge >= 0.3 is 6.09 Å². The van der Waals surface area contributed by atoms with Crippen molar-refractivity contribution in [2.45, 2.75) is 43.7 Å². The molecule has 116 valence electrons. The molecule has 1 N–H and O–H groups in total. The molecule has 0 aromatic heterocycles. The summed E-state index contributed by atoms with van der Waals surface area (Å²) in [6.45, 7) is 10.6. The summed E-state index contributed by atoms with van der Waals surface area (Å²) >= 11 is 1.22. The van der Waals surface area contributed by atoms with Crippen LogP contribution in [0.1, 0.15) is 27.7 Å². The number of carbonyl (C=O) groups is 1. The predicted molar refractivity (Wildman–Crippen MR) is 86.1 cm³/mol. The minimum absolute atomic E-state index is 0.240. The quantitative estimate of drug-likeness (QED) is 0.662. The van der Waals surface area contributed by atoms with E-state index >= 15 is 0 Å². The van der Waals surface area contributed by atoms with Gasteiger partial charge in [0.15, 0.2) is 0 Å². The number of benzene rings is 1. The number of carbonyl (C=O) groups excluding carboxylic acids is 1. The molecule has 1 unspecified atom stereocenters. The van der Waals surface area contributed by atoms with Crippen LogP contribution in [0.2, 0.25) is 0 Å². The van der Waals surface area contributed by atoms with Gasteiger partial charge in [-0.15, -0.1) is 6.58 Å². The fraction of sp³-hybridized carbons (Fsp3) is 0.438. The summed E-state index contributed by atoms with van der Waals surface area (Å²) in [5.41, 5.74) is -1.52. The summed E-state index contributed by atoms with van der Waals surface area (Å²) in [6.07, 6.45) is 1.04. The van der Waals surface area contributed by atoms with E-state index in [1.807, 2.05) is 30.3 Å². The maximum absolute atomic E-state index is 12.5. The summed E-state index contributed by atoms with van der Waals surface area (Å²) < 4.78 is 6.85. The molecule has 0 aliphatic rings. The third-order valence-corrected chi connectivity index (χ3v) is 3.95. The largest absolute Gasteiger partial charge is 0.443 e. The molecule has 0 saturated carbocycles. The Morgan fingerprint density at radius 3 is 2.33 bits per heavy atom. The van der Waals surface area contributed by atoms with Crippen LogP contribution in [-0.2, 0) is 4.74 Å². The second-order valence-electron chi connectivity index (χ2n) is 5.90. The molecule has 0 aliphatic carbocycles. The molecular formula is C16H23NO3S. The number of aliphatic hydroxyl groups excluding tert-OH is 1. The molecule has 0 fully saturated rings. The minimum atomic E-state index is -0.914. The van der Waals surface area contributed by atoms with Gasteiger partial charge in [-0.1, -0.05) is 24.3 Å². The van der Waals surface area contributed by atoms with Gasteiger partial charge in [0.05, 0.1) is 12.1 Å². The first kappa shape index (κ1) is 17.6. The summed E-state index contributed by atoms with van der Waals surface area (Å²) in [4.78, 5) is 13.3. The first-order valence-electron chi connectivity index (χ1n) is 6.72. The van der Waals surface area contributed by atoms with Crippen molar-refractivity contribution >= 4 is 18.0 Å². The third-order valence-electron chi connectivity index (χ3n) is 2.72. The Balaban J connectivity index is 3.05. The number of aliphatic hydroxyl groups is 1. The van der Waals surface area contributed by atoms with E-state index in [0.29, 0.717) is 0 Å². The number of ether oxygens (including phenoxy) is 1. The first-order valence-corrected chi connectivity index (χ1v) is 7.50. The van der Waals surface area contributed by atoms with Crippen LogP contribution >= 0.6 is 11.9 Å². The standard InChI is InChI=1S/C16H23NO3S/c1-6-16(5,12-18)17(14(19)20-15(2,3)4)21-13-10-8-7-9-11-13/h6-11,18H,1,12H2,2-5H3. The van der Waals surface area contributed by atoms with E-state index in [1.165, 1.54) is 16.3 Å². The lowest BCUT2D eigenvalue weighted by molar-refractivity contribution is 0.0248. The smallest absolute Gasteiger partial charge is 0.421 e. The number of nitrogens with zero attached hydrogens (tertiary/aromatic N) is 1. The zero-order chi connectivity index (χ0) is 16.1. The van der Waals surface area contributed by atoms with Gasteiger partial charge in [0.1, 0.15) is 5.60 Å². The average molecular weight is 309 g/mol. The topological polar surface area (TPSA) is 49.8 Å². The molecule has 0 aliphatic heterocycles. The molecule has 1 atom stereocenters. The van der Waals surface area contributed by atoms with Crippen LogP contribution in [0.4, 0.5) is 4.79 Å². The van der Waals surface area contributed by atoms with E-state index in [1.54, 1.807) is 33.8 Å². The predicted octanol–water partition coefficient (Wildman–Crippen LogP) is 3.87. The van der Waals surface area contributed by atoms with Crippen molar-refractivity contribution in [3.05, 3.63) is 43.0 Å².